The Morgan fingerprint density at radius 1 is 0.674 bits per heavy atom. The summed E-state index contributed by atoms with van der Waals surface area (Å²) in [5, 5.41) is 0. The normalized spacial score (nSPS) is 17.6. The highest BCUT2D eigenvalue weighted by Gasteiger charge is 2.45. The standard InChI is InChI=1S/C36H54S3.2C2H6/c1-8-11-14-16-19-29(17-13-10-3)26-39(30-22-20-28(21-23-30)18-15-12-9-2)31-24-27(4)37-34(31)35-32(39)25-33(38-35)36(5,6)7;2*1-2/h20-25,29H,8-19,26H2,1-7H3;2*1-2H3. The lowest BCUT2D eigenvalue weighted by atomic mass is 9.95. The lowest BCUT2D eigenvalue weighted by Crippen LogP contribution is -2.15. The van der Waals surface area contributed by atoms with Crippen LogP contribution in [-0.2, 0) is 11.8 Å². The van der Waals surface area contributed by atoms with Crippen molar-refractivity contribution < 1.29 is 0 Å². The molecule has 2 atom stereocenters. The van der Waals surface area contributed by atoms with Crippen molar-refractivity contribution in [3.05, 3.63) is 51.7 Å². The maximum Gasteiger partial charge on any atom is 0.0584 e. The summed E-state index contributed by atoms with van der Waals surface area (Å²) in [6.45, 7) is 24.5. The minimum Gasteiger partial charge on any atom is -0.157 e. The lowest BCUT2D eigenvalue weighted by Gasteiger charge is -2.41. The van der Waals surface area contributed by atoms with Crippen LogP contribution in [0.4, 0.5) is 0 Å². The second-order valence-electron chi connectivity index (χ2n) is 13.0. The number of benzene rings is 1. The molecular formula is C40H66S3. The molecule has 1 aromatic carbocycles. The first kappa shape index (κ1) is 38.2. The van der Waals surface area contributed by atoms with Crippen molar-refractivity contribution in [1.82, 2.24) is 0 Å². The molecule has 43 heavy (non-hydrogen) atoms. The monoisotopic (exact) mass is 642 g/mol. The summed E-state index contributed by atoms with van der Waals surface area (Å²) < 4.78 is 0. The van der Waals surface area contributed by atoms with E-state index < -0.39 is 10.0 Å². The smallest absolute Gasteiger partial charge is 0.0584 e. The molecule has 2 aromatic heterocycles. The molecule has 0 N–H and O–H groups in total. The summed E-state index contributed by atoms with van der Waals surface area (Å²) in [7, 11) is -1.27. The predicted octanol–water partition coefficient (Wildman–Crippen LogP) is 15.2. The van der Waals surface area contributed by atoms with Gasteiger partial charge >= 0.3 is 0 Å². The van der Waals surface area contributed by atoms with E-state index in [0.29, 0.717) is 0 Å². The van der Waals surface area contributed by atoms with E-state index in [9.17, 15) is 0 Å². The first-order chi connectivity index (χ1) is 20.7. The fourth-order valence-electron chi connectivity index (χ4n) is 6.20. The van der Waals surface area contributed by atoms with Crippen molar-refractivity contribution in [1.29, 1.82) is 0 Å². The van der Waals surface area contributed by atoms with E-state index in [1.165, 1.54) is 93.2 Å². The quantitative estimate of drug-likeness (QED) is 0.145. The molecule has 3 heterocycles. The highest BCUT2D eigenvalue weighted by Crippen LogP contribution is 2.79. The molecule has 3 aromatic rings. The summed E-state index contributed by atoms with van der Waals surface area (Å²) in [4.78, 5) is 11.3. The molecule has 0 saturated heterocycles. The largest absolute Gasteiger partial charge is 0.157 e. The first-order valence-electron chi connectivity index (χ1n) is 17.9. The number of fused-ring (bicyclic) bond motifs is 3. The van der Waals surface area contributed by atoms with E-state index in [2.05, 4.69) is 108 Å². The second-order valence-corrected chi connectivity index (χ2v) is 18.4. The number of hydrogen-bond donors (Lipinski definition) is 0. The fourth-order valence-corrected chi connectivity index (χ4v) is 14.2. The van der Waals surface area contributed by atoms with Gasteiger partial charge in [0.25, 0.3) is 0 Å². The number of hydrogen-bond acceptors (Lipinski definition) is 2. The van der Waals surface area contributed by atoms with Gasteiger partial charge in [0.05, 0.1) is 9.75 Å². The minimum atomic E-state index is -1.27. The third-order valence-electron chi connectivity index (χ3n) is 8.53. The van der Waals surface area contributed by atoms with E-state index in [1.807, 2.05) is 27.7 Å². The minimum absolute atomic E-state index is 0.192. The van der Waals surface area contributed by atoms with Crippen molar-refractivity contribution in [3.63, 3.8) is 0 Å². The van der Waals surface area contributed by atoms with Gasteiger partial charge in [0, 0.05) is 19.5 Å². The number of aryl methyl sites for hydroxylation is 2. The van der Waals surface area contributed by atoms with E-state index in [-0.39, 0.29) is 5.41 Å². The Morgan fingerprint density at radius 2 is 1.23 bits per heavy atom. The number of thiophene rings is 2. The van der Waals surface area contributed by atoms with E-state index in [0.717, 1.165) is 5.92 Å². The molecular weight excluding hydrogens is 577 g/mol. The van der Waals surface area contributed by atoms with E-state index in [4.69, 9.17) is 0 Å². The van der Waals surface area contributed by atoms with Gasteiger partial charge in [-0.05, 0) is 84.4 Å². The zero-order valence-electron chi connectivity index (χ0n) is 30.0. The van der Waals surface area contributed by atoms with Crippen molar-refractivity contribution in [3.8, 4) is 9.75 Å². The van der Waals surface area contributed by atoms with Crippen molar-refractivity contribution >= 4 is 32.7 Å². The Kier molecular flexibility index (Phi) is 16.7. The van der Waals surface area contributed by atoms with Crippen LogP contribution in [0.25, 0.3) is 9.75 Å². The molecule has 0 spiro atoms. The third kappa shape index (κ3) is 9.49. The first-order valence-corrected chi connectivity index (χ1v) is 21.3. The van der Waals surface area contributed by atoms with Crippen LogP contribution in [0, 0.1) is 12.8 Å². The predicted molar refractivity (Wildman–Crippen MR) is 202 cm³/mol. The topological polar surface area (TPSA) is 0 Å². The van der Waals surface area contributed by atoms with E-state index >= 15 is 0 Å². The van der Waals surface area contributed by atoms with Crippen LogP contribution >= 0.6 is 32.7 Å². The zero-order valence-corrected chi connectivity index (χ0v) is 32.4. The van der Waals surface area contributed by atoms with Crippen molar-refractivity contribution in [2.45, 2.75) is 173 Å². The van der Waals surface area contributed by atoms with Gasteiger partial charge in [-0.2, -0.15) is 10.0 Å². The third-order valence-corrected chi connectivity index (χ3v) is 15.8. The van der Waals surface area contributed by atoms with Crippen molar-refractivity contribution in [2.75, 3.05) is 5.75 Å². The Morgan fingerprint density at radius 3 is 1.84 bits per heavy atom. The highest BCUT2D eigenvalue weighted by molar-refractivity contribution is 8.34. The zero-order chi connectivity index (χ0) is 32.0. The van der Waals surface area contributed by atoms with Gasteiger partial charge in [-0.1, -0.05) is 133 Å². The molecule has 244 valence electrons. The number of unbranched alkanes of at least 4 members (excludes halogenated alkanes) is 6. The summed E-state index contributed by atoms with van der Waals surface area (Å²) in [6, 6.07) is 15.4. The van der Waals surface area contributed by atoms with Gasteiger partial charge in [0.1, 0.15) is 0 Å². The molecule has 0 nitrogen and oxygen atoms in total. The summed E-state index contributed by atoms with van der Waals surface area (Å²) in [5.74, 6) is 2.14. The van der Waals surface area contributed by atoms with Crippen LogP contribution in [0.1, 0.15) is 155 Å². The fraction of sp³-hybridized carbons (Fsp3) is 0.650. The van der Waals surface area contributed by atoms with Crippen LogP contribution in [0.15, 0.2) is 51.1 Å². The van der Waals surface area contributed by atoms with E-state index in [1.54, 1.807) is 29.3 Å². The molecule has 4 rings (SSSR count). The molecule has 0 fully saturated rings. The van der Waals surface area contributed by atoms with Gasteiger partial charge in [-0.15, -0.1) is 22.7 Å². The number of rotatable bonds is 15. The molecule has 3 heteroatoms. The second kappa shape index (κ2) is 18.8. The molecule has 0 aliphatic carbocycles. The summed E-state index contributed by atoms with van der Waals surface area (Å²) in [5.41, 5.74) is 1.71. The molecule has 2 unspecified atom stereocenters. The average Bonchev–Trinajstić information content (AvgIpc) is 3.68. The van der Waals surface area contributed by atoms with Crippen LogP contribution < -0.4 is 0 Å². The Bertz CT molecular complexity index is 1170. The van der Waals surface area contributed by atoms with Gasteiger partial charge in [-0.3, -0.25) is 0 Å². The Hall–Kier alpha value is -1.03. The van der Waals surface area contributed by atoms with Gasteiger partial charge in [0.2, 0.25) is 0 Å². The molecule has 1 aliphatic heterocycles. The van der Waals surface area contributed by atoms with Crippen LogP contribution in [-0.4, -0.2) is 5.75 Å². The molecule has 0 saturated carbocycles. The van der Waals surface area contributed by atoms with Crippen LogP contribution in [0.2, 0.25) is 0 Å². The maximum absolute atomic E-state index is 2.67. The van der Waals surface area contributed by atoms with Crippen LogP contribution in [0.5, 0.6) is 0 Å². The molecule has 0 bridgehead atoms. The van der Waals surface area contributed by atoms with Crippen LogP contribution in [0.3, 0.4) is 0 Å². The molecule has 0 amide bonds. The maximum atomic E-state index is 2.67. The van der Waals surface area contributed by atoms with Gasteiger partial charge < -0.3 is 0 Å². The SMILES string of the molecule is CC.CC.CCCCCCC(CCCC)CS1(c2ccc(CCCCC)cc2)c2cc(C)sc2-c2sc(C(C)(C)C)cc21. The van der Waals surface area contributed by atoms with Gasteiger partial charge in [0.15, 0.2) is 0 Å². The summed E-state index contributed by atoms with van der Waals surface area (Å²) >= 11 is 4.16. The Balaban J connectivity index is 0.00000155. The molecule has 1 aliphatic rings. The average molecular weight is 643 g/mol. The highest BCUT2D eigenvalue weighted by atomic mass is 32.3. The summed E-state index contributed by atoms with van der Waals surface area (Å²) in [6.07, 6.45) is 16.1. The van der Waals surface area contributed by atoms with Crippen molar-refractivity contribution in [2.24, 2.45) is 5.92 Å². The molecule has 0 radical (unpaired) electrons. The van der Waals surface area contributed by atoms with Gasteiger partial charge in [-0.25, -0.2) is 0 Å². The lowest BCUT2D eigenvalue weighted by molar-refractivity contribution is 0.449. The Labute approximate surface area is 277 Å².